The summed E-state index contributed by atoms with van der Waals surface area (Å²) in [5.74, 6) is 0.883. The van der Waals surface area contributed by atoms with Gasteiger partial charge < -0.3 is 15.4 Å². The van der Waals surface area contributed by atoms with Crippen LogP contribution in [0, 0.1) is 5.92 Å². The Kier molecular flexibility index (Phi) is 6.42. The van der Waals surface area contributed by atoms with E-state index in [0.29, 0.717) is 25.6 Å². The average Bonchev–Trinajstić information content (AvgIpc) is 2.35. The van der Waals surface area contributed by atoms with E-state index in [1.54, 1.807) is 0 Å². The number of amides is 1. The molecular formula is C12H24N2O2. The van der Waals surface area contributed by atoms with Gasteiger partial charge in [-0.2, -0.15) is 0 Å². The Morgan fingerprint density at radius 1 is 1.38 bits per heavy atom. The molecule has 0 radical (unpaired) electrons. The second kappa shape index (κ2) is 7.63. The number of nitrogens with two attached hydrogens (primary N) is 1. The van der Waals surface area contributed by atoms with E-state index in [4.69, 9.17) is 10.5 Å². The maximum Gasteiger partial charge on any atom is 0.222 e. The highest BCUT2D eigenvalue weighted by molar-refractivity contribution is 5.76. The largest absolute Gasteiger partial charge is 0.378 e. The third-order valence-corrected chi connectivity index (χ3v) is 3.28. The summed E-state index contributed by atoms with van der Waals surface area (Å²) in [6.07, 6.45) is 3.79. The van der Waals surface area contributed by atoms with Crippen molar-refractivity contribution >= 4 is 5.91 Å². The van der Waals surface area contributed by atoms with Crippen LogP contribution in [0.1, 0.15) is 32.6 Å². The van der Waals surface area contributed by atoms with Crippen LogP contribution >= 0.6 is 0 Å². The van der Waals surface area contributed by atoms with Gasteiger partial charge in [0, 0.05) is 19.5 Å². The second-order valence-electron chi connectivity index (χ2n) is 4.38. The highest BCUT2D eigenvalue weighted by Crippen LogP contribution is 2.15. The predicted octanol–water partition coefficient (Wildman–Crippen LogP) is 1.00. The molecule has 16 heavy (non-hydrogen) atoms. The molecule has 1 heterocycles. The molecular weight excluding hydrogens is 204 g/mol. The zero-order valence-electron chi connectivity index (χ0n) is 10.3. The molecule has 1 rings (SSSR count). The van der Waals surface area contributed by atoms with Crippen LogP contribution in [0.2, 0.25) is 0 Å². The van der Waals surface area contributed by atoms with Crippen molar-refractivity contribution in [2.45, 2.75) is 32.6 Å². The van der Waals surface area contributed by atoms with Crippen LogP contribution in [0.4, 0.5) is 0 Å². The van der Waals surface area contributed by atoms with Gasteiger partial charge in [-0.1, -0.05) is 13.3 Å². The molecule has 1 saturated heterocycles. The topological polar surface area (TPSA) is 55.6 Å². The van der Waals surface area contributed by atoms with Crippen LogP contribution in [0.25, 0.3) is 0 Å². The zero-order chi connectivity index (χ0) is 11.8. The lowest BCUT2D eigenvalue weighted by atomic mass is 9.96. The Labute approximate surface area is 98.1 Å². The standard InChI is InChI=1S/C12H24N2O2/c1-2-11(5-6-13)3-4-12(15)14-7-9-16-10-8-14/h11H,2-10,13H2,1H3. The van der Waals surface area contributed by atoms with Crippen LogP contribution in [0.15, 0.2) is 0 Å². The molecule has 0 aromatic carbocycles. The number of ether oxygens (including phenoxy) is 1. The fourth-order valence-corrected chi connectivity index (χ4v) is 2.09. The van der Waals surface area contributed by atoms with Gasteiger partial charge in [0.2, 0.25) is 5.91 Å². The first-order chi connectivity index (χ1) is 7.77. The summed E-state index contributed by atoms with van der Waals surface area (Å²) in [5, 5.41) is 0. The molecule has 94 valence electrons. The molecule has 1 aliphatic rings. The number of hydrogen-bond donors (Lipinski definition) is 1. The normalized spacial score (nSPS) is 18.5. The van der Waals surface area contributed by atoms with Crippen LogP contribution in [-0.2, 0) is 9.53 Å². The first-order valence-corrected chi connectivity index (χ1v) is 6.33. The van der Waals surface area contributed by atoms with Gasteiger partial charge in [0.25, 0.3) is 0 Å². The lowest BCUT2D eigenvalue weighted by Crippen LogP contribution is -2.40. The van der Waals surface area contributed by atoms with Gasteiger partial charge in [-0.15, -0.1) is 0 Å². The lowest BCUT2D eigenvalue weighted by Gasteiger charge is -2.27. The van der Waals surface area contributed by atoms with E-state index in [1.807, 2.05) is 4.90 Å². The highest BCUT2D eigenvalue weighted by Gasteiger charge is 2.17. The van der Waals surface area contributed by atoms with E-state index in [2.05, 4.69) is 6.92 Å². The van der Waals surface area contributed by atoms with Crippen molar-refractivity contribution in [3.05, 3.63) is 0 Å². The number of morpholine rings is 1. The van der Waals surface area contributed by atoms with Gasteiger partial charge in [-0.3, -0.25) is 4.79 Å². The molecule has 1 fully saturated rings. The monoisotopic (exact) mass is 228 g/mol. The summed E-state index contributed by atoms with van der Waals surface area (Å²) in [4.78, 5) is 13.8. The van der Waals surface area contributed by atoms with E-state index in [1.165, 1.54) is 0 Å². The summed E-state index contributed by atoms with van der Waals surface area (Å²) in [6, 6.07) is 0. The molecule has 4 heteroatoms. The third kappa shape index (κ3) is 4.49. The van der Waals surface area contributed by atoms with Gasteiger partial charge in [-0.25, -0.2) is 0 Å². The molecule has 0 aromatic rings. The summed E-state index contributed by atoms with van der Waals surface area (Å²) >= 11 is 0. The summed E-state index contributed by atoms with van der Waals surface area (Å²) in [7, 11) is 0. The predicted molar refractivity (Wildman–Crippen MR) is 64.1 cm³/mol. The second-order valence-corrected chi connectivity index (χ2v) is 4.38. The minimum absolute atomic E-state index is 0.277. The quantitative estimate of drug-likeness (QED) is 0.738. The minimum atomic E-state index is 0.277. The minimum Gasteiger partial charge on any atom is -0.378 e. The van der Waals surface area contributed by atoms with Crippen molar-refractivity contribution in [2.75, 3.05) is 32.8 Å². The molecule has 1 unspecified atom stereocenters. The molecule has 0 spiro atoms. The van der Waals surface area contributed by atoms with E-state index in [9.17, 15) is 4.79 Å². The first kappa shape index (κ1) is 13.5. The van der Waals surface area contributed by atoms with Crippen molar-refractivity contribution in [1.82, 2.24) is 4.90 Å². The molecule has 4 nitrogen and oxygen atoms in total. The average molecular weight is 228 g/mol. The molecule has 1 atom stereocenters. The number of carbonyl (C=O) groups excluding carboxylic acids is 1. The first-order valence-electron chi connectivity index (χ1n) is 6.33. The van der Waals surface area contributed by atoms with E-state index < -0.39 is 0 Å². The van der Waals surface area contributed by atoms with E-state index >= 15 is 0 Å². The highest BCUT2D eigenvalue weighted by atomic mass is 16.5. The van der Waals surface area contributed by atoms with Crippen molar-refractivity contribution in [1.29, 1.82) is 0 Å². The Bertz CT molecular complexity index is 203. The Morgan fingerprint density at radius 3 is 2.62 bits per heavy atom. The number of nitrogens with zero attached hydrogens (tertiary/aromatic N) is 1. The smallest absolute Gasteiger partial charge is 0.222 e. The third-order valence-electron chi connectivity index (χ3n) is 3.28. The number of hydrogen-bond acceptors (Lipinski definition) is 3. The summed E-state index contributed by atoms with van der Waals surface area (Å²) in [6.45, 7) is 5.78. The fraction of sp³-hybridized carbons (Fsp3) is 0.917. The van der Waals surface area contributed by atoms with Crippen LogP contribution in [0.5, 0.6) is 0 Å². The van der Waals surface area contributed by atoms with Crippen molar-refractivity contribution in [2.24, 2.45) is 11.7 Å². The SMILES string of the molecule is CCC(CCN)CCC(=O)N1CCOCC1. The molecule has 1 aliphatic heterocycles. The van der Waals surface area contributed by atoms with Crippen LogP contribution in [0.3, 0.4) is 0 Å². The molecule has 2 N–H and O–H groups in total. The van der Waals surface area contributed by atoms with Crippen LogP contribution in [-0.4, -0.2) is 43.7 Å². The Balaban J connectivity index is 2.22. The van der Waals surface area contributed by atoms with Gasteiger partial charge in [0.05, 0.1) is 13.2 Å². The summed E-state index contributed by atoms with van der Waals surface area (Å²) < 4.78 is 5.22. The van der Waals surface area contributed by atoms with E-state index in [-0.39, 0.29) is 5.91 Å². The molecule has 0 saturated carbocycles. The van der Waals surface area contributed by atoms with Gasteiger partial charge in [0.15, 0.2) is 0 Å². The number of rotatable bonds is 6. The van der Waals surface area contributed by atoms with Crippen molar-refractivity contribution in [3.8, 4) is 0 Å². The van der Waals surface area contributed by atoms with Crippen molar-refractivity contribution < 1.29 is 9.53 Å². The van der Waals surface area contributed by atoms with Crippen molar-refractivity contribution in [3.63, 3.8) is 0 Å². The summed E-state index contributed by atoms with van der Waals surface area (Å²) in [5.41, 5.74) is 5.54. The maximum atomic E-state index is 11.9. The van der Waals surface area contributed by atoms with Gasteiger partial charge in [-0.05, 0) is 25.3 Å². The van der Waals surface area contributed by atoms with Gasteiger partial charge >= 0.3 is 0 Å². The molecule has 0 aliphatic carbocycles. The fourth-order valence-electron chi connectivity index (χ4n) is 2.09. The number of carbonyl (C=O) groups is 1. The Morgan fingerprint density at radius 2 is 2.06 bits per heavy atom. The zero-order valence-corrected chi connectivity index (χ0v) is 10.3. The molecule has 0 aromatic heterocycles. The molecule has 0 bridgehead atoms. The Hall–Kier alpha value is -0.610. The lowest BCUT2D eigenvalue weighted by molar-refractivity contribution is -0.135. The van der Waals surface area contributed by atoms with Gasteiger partial charge in [0.1, 0.15) is 0 Å². The van der Waals surface area contributed by atoms with E-state index in [0.717, 1.165) is 38.9 Å². The maximum absolute atomic E-state index is 11.9. The molecule has 1 amide bonds. The van der Waals surface area contributed by atoms with Crippen LogP contribution < -0.4 is 5.73 Å².